The van der Waals surface area contributed by atoms with E-state index in [1.165, 1.54) is 6.92 Å². The average Bonchev–Trinajstić information content (AvgIpc) is 3.24. The van der Waals surface area contributed by atoms with Crippen LogP contribution in [0, 0.1) is 6.92 Å². The van der Waals surface area contributed by atoms with E-state index in [-0.39, 0.29) is 11.3 Å². The molecule has 4 rings (SSSR count). The predicted molar refractivity (Wildman–Crippen MR) is 102 cm³/mol. The number of nitrogens with zero attached hydrogens (tertiary/aromatic N) is 4. The molecule has 1 amide bonds. The van der Waals surface area contributed by atoms with Gasteiger partial charge in [0.15, 0.2) is 0 Å². The van der Waals surface area contributed by atoms with Gasteiger partial charge in [-0.25, -0.2) is 15.0 Å². The van der Waals surface area contributed by atoms with E-state index in [4.69, 9.17) is 4.98 Å². The smallest absolute Gasteiger partial charge is 0.222 e. The Balaban J connectivity index is 1.90. The summed E-state index contributed by atoms with van der Waals surface area (Å²) in [5.41, 5.74) is 4.11. The summed E-state index contributed by atoms with van der Waals surface area (Å²) in [7, 11) is 0. The molecule has 3 aromatic heterocycles. The Kier molecular flexibility index (Phi) is 3.79. The standard InChI is InChI=1S/C20H23N5O/c1-5-25-11-15(14-9-18(23-13(3)26)21-10-17(14)25)16-8-12(2)22-19(24-16)20(4)6-7-20/h8-11H,5-7H2,1-4H3,(H,21,23,26). The lowest BCUT2D eigenvalue weighted by atomic mass is 10.1. The van der Waals surface area contributed by atoms with Crippen molar-refractivity contribution in [1.82, 2.24) is 19.5 Å². The van der Waals surface area contributed by atoms with Crippen molar-refractivity contribution in [3.8, 4) is 11.3 Å². The zero-order valence-electron chi connectivity index (χ0n) is 15.6. The van der Waals surface area contributed by atoms with Crippen molar-refractivity contribution < 1.29 is 4.79 Å². The fraction of sp³-hybridized carbons (Fsp3) is 0.400. The number of rotatable bonds is 4. The lowest BCUT2D eigenvalue weighted by Crippen LogP contribution is -2.08. The van der Waals surface area contributed by atoms with Crippen LogP contribution in [0.4, 0.5) is 5.82 Å². The number of anilines is 1. The van der Waals surface area contributed by atoms with Gasteiger partial charge in [0, 0.05) is 41.7 Å². The van der Waals surface area contributed by atoms with Crippen LogP contribution in [-0.4, -0.2) is 25.4 Å². The molecule has 0 aliphatic heterocycles. The van der Waals surface area contributed by atoms with Crippen LogP contribution in [0.2, 0.25) is 0 Å². The number of amides is 1. The van der Waals surface area contributed by atoms with Gasteiger partial charge in [-0.3, -0.25) is 4.79 Å². The molecule has 3 aromatic rings. The molecule has 6 heteroatoms. The van der Waals surface area contributed by atoms with Crippen molar-refractivity contribution in [3.63, 3.8) is 0 Å². The summed E-state index contributed by atoms with van der Waals surface area (Å²) in [6.07, 6.45) is 6.21. The molecule has 0 bridgehead atoms. The lowest BCUT2D eigenvalue weighted by molar-refractivity contribution is -0.114. The lowest BCUT2D eigenvalue weighted by Gasteiger charge is -2.10. The molecule has 0 spiro atoms. The molecule has 6 nitrogen and oxygen atoms in total. The molecule has 1 N–H and O–H groups in total. The topological polar surface area (TPSA) is 72.7 Å². The number of pyridine rings is 1. The molecule has 0 radical (unpaired) electrons. The number of nitrogens with one attached hydrogen (secondary N) is 1. The van der Waals surface area contributed by atoms with Crippen LogP contribution in [0.1, 0.15) is 45.1 Å². The third-order valence-corrected chi connectivity index (χ3v) is 5.08. The fourth-order valence-electron chi connectivity index (χ4n) is 3.29. The minimum atomic E-state index is -0.129. The highest BCUT2D eigenvalue weighted by Gasteiger charge is 2.42. The van der Waals surface area contributed by atoms with Crippen LogP contribution >= 0.6 is 0 Å². The van der Waals surface area contributed by atoms with E-state index >= 15 is 0 Å². The Bertz CT molecular complexity index is 1020. The van der Waals surface area contributed by atoms with Crippen LogP contribution in [0.5, 0.6) is 0 Å². The van der Waals surface area contributed by atoms with Crippen LogP contribution in [0.15, 0.2) is 24.5 Å². The number of hydrogen-bond donors (Lipinski definition) is 1. The highest BCUT2D eigenvalue weighted by Crippen LogP contribution is 2.46. The van der Waals surface area contributed by atoms with Gasteiger partial charge < -0.3 is 9.88 Å². The Morgan fingerprint density at radius 2 is 2.08 bits per heavy atom. The number of hydrogen-bond acceptors (Lipinski definition) is 4. The molecule has 3 heterocycles. The summed E-state index contributed by atoms with van der Waals surface area (Å²) < 4.78 is 2.16. The highest BCUT2D eigenvalue weighted by atomic mass is 16.1. The van der Waals surface area contributed by atoms with Crippen LogP contribution < -0.4 is 5.32 Å². The van der Waals surface area contributed by atoms with E-state index < -0.39 is 0 Å². The molecule has 0 aromatic carbocycles. The number of aromatic nitrogens is 4. The zero-order valence-corrected chi connectivity index (χ0v) is 15.6. The number of fused-ring (bicyclic) bond motifs is 1. The third kappa shape index (κ3) is 2.85. The van der Waals surface area contributed by atoms with Gasteiger partial charge in [0.2, 0.25) is 5.91 Å². The first-order chi connectivity index (χ1) is 12.4. The molecule has 134 valence electrons. The van der Waals surface area contributed by atoms with Gasteiger partial charge in [-0.1, -0.05) is 6.92 Å². The van der Waals surface area contributed by atoms with Gasteiger partial charge >= 0.3 is 0 Å². The predicted octanol–water partition coefficient (Wildman–Crippen LogP) is 3.83. The van der Waals surface area contributed by atoms with Crippen molar-refractivity contribution in [2.24, 2.45) is 0 Å². The van der Waals surface area contributed by atoms with E-state index in [1.807, 2.05) is 25.3 Å². The molecule has 0 atom stereocenters. The van der Waals surface area contributed by atoms with Gasteiger partial charge in [-0.05, 0) is 38.8 Å². The maximum atomic E-state index is 11.4. The van der Waals surface area contributed by atoms with Gasteiger partial charge in [-0.15, -0.1) is 0 Å². The Morgan fingerprint density at radius 3 is 2.73 bits per heavy atom. The SMILES string of the molecule is CCn1cc(-c2cc(C)nc(C3(C)CC3)n2)c2cc(NC(C)=O)ncc21. The second-order valence-corrected chi connectivity index (χ2v) is 7.38. The Labute approximate surface area is 152 Å². The first-order valence-electron chi connectivity index (χ1n) is 9.02. The van der Waals surface area contributed by atoms with E-state index in [2.05, 4.69) is 39.9 Å². The van der Waals surface area contributed by atoms with Crippen molar-refractivity contribution in [3.05, 3.63) is 36.0 Å². The van der Waals surface area contributed by atoms with Crippen molar-refractivity contribution >= 4 is 22.6 Å². The van der Waals surface area contributed by atoms with Gasteiger partial charge in [0.25, 0.3) is 0 Å². The van der Waals surface area contributed by atoms with Gasteiger partial charge in [0.05, 0.1) is 17.4 Å². The van der Waals surface area contributed by atoms with Crippen molar-refractivity contribution in [1.29, 1.82) is 0 Å². The largest absolute Gasteiger partial charge is 0.346 e. The second-order valence-electron chi connectivity index (χ2n) is 7.38. The molecule has 1 aliphatic rings. The summed E-state index contributed by atoms with van der Waals surface area (Å²) in [4.78, 5) is 25.3. The third-order valence-electron chi connectivity index (χ3n) is 5.08. The first-order valence-corrected chi connectivity index (χ1v) is 9.02. The Hall–Kier alpha value is -2.76. The monoisotopic (exact) mass is 349 g/mol. The maximum absolute atomic E-state index is 11.4. The molecule has 0 unspecified atom stereocenters. The van der Waals surface area contributed by atoms with E-state index in [0.717, 1.165) is 53.1 Å². The van der Waals surface area contributed by atoms with Gasteiger partial charge in [0.1, 0.15) is 11.6 Å². The normalized spacial score (nSPS) is 15.2. The minimum absolute atomic E-state index is 0.118. The molecular formula is C20H23N5O. The summed E-state index contributed by atoms with van der Waals surface area (Å²) in [6, 6.07) is 3.96. The van der Waals surface area contributed by atoms with Crippen LogP contribution in [-0.2, 0) is 16.8 Å². The molecule has 1 fully saturated rings. The number of carbonyl (C=O) groups excluding carboxylic acids is 1. The average molecular weight is 349 g/mol. The van der Waals surface area contributed by atoms with Gasteiger partial charge in [-0.2, -0.15) is 0 Å². The van der Waals surface area contributed by atoms with Crippen molar-refractivity contribution in [2.45, 2.75) is 52.5 Å². The Morgan fingerprint density at radius 1 is 1.31 bits per heavy atom. The molecule has 26 heavy (non-hydrogen) atoms. The summed E-state index contributed by atoms with van der Waals surface area (Å²) >= 11 is 0. The van der Waals surface area contributed by atoms with Crippen LogP contribution in [0.25, 0.3) is 22.2 Å². The van der Waals surface area contributed by atoms with Crippen molar-refractivity contribution in [2.75, 3.05) is 5.32 Å². The van der Waals surface area contributed by atoms with Crippen LogP contribution in [0.3, 0.4) is 0 Å². The quantitative estimate of drug-likeness (QED) is 0.777. The molecule has 1 aliphatic carbocycles. The minimum Gasteiger partial charge on any atom is -0.346 e. The summed E-state index contributed by atoms with van der Waals surface area (Å²) in [6.45, 7) is 8.67. The summed E-state index contributed by atoms with van der Waals surface area (Å²) in [5, 5.41) is 3.81. The highest BCUT2D eigenvalue weighted by molar-refractivity contribution is 5.98. The number of aryl methyl sites for hydroxylation is 2. The molecule has 1 saturated carbocycles. The molecular weight excluding hydrogens is 326 g/mol. The van der Waals surface area contributed by atoms with E-state index in [1.54, 1.807) is 0 Å². The first kappa shape index (κ1) is 16.7. The summed E-state index contributed by atoms with van der Waals surface area (Å²) in [5.74, 6) is 1.36. The maximum Gasteiger partial charge on any atom is 0.222 e. The number of carbonyl (C=O) groups is 1. The van der Waals surface area contributed by atoms with E-state index in [9.17, 15) is 4.79 Å². The second kappa shape index (κ2) is 5.90. The fourth-order valence-corrected chi connectivity index (χ4v) is 3.29. The zero-order chi connectivity index (χ0) is 18.5. The molecule has 0 saturated heterocycles. The van der Waals surface area contributed by atoms with E-state index in [0.29, 0.717) is 5.82 Å².